The Morgan fingerprint density at radius 2 is 2.35 bits per heavy atom. The minimum Gasteiger partial charge on any atom is -0.377 e. The third-order valence-corrected chi connectivity index (χ3v) is 6.29. The molecule has 0 bridgehead atoms. The summed E-state index contributed by atoms with van der Waals surface area (Å²) >= 11 is 1.48. The molecule has 0 aromatic carbocycles. The van der Waals surface area contributed by atoms with Gasteiger partial charge in [-0.1, -0.05) is 0 Å². The number of nitrogens with one attached hydrogen (secondary N) is 1. The molecular weight excluding hydrogens is 296 g/mol. The van der Waals surface area contributed by atoms with Gasteiger partial charge in [0.1, 0.15) is 0 Å². The van der Waals surface area contributed by atoms with Crippen molar-refractivity contribution in [2.45, 2.75) is 37.3 Å². The summed E-state index contributed by atoms with van der Waals surface area (Å²) in [6.45, 7) is 4.32. The Morgan fingerprint density at radius 1 is 1.55 bits per heavy atom. The Labute approximate surface area is 125 Å². The summed E-state index contributed by atoms with van der Waals surface area (Å²) in [5, 5.41) is 4.76. The summed E-state index contributed by atoms with van der Waals surface area (Å²) in [5.41, 5.74) is 0. The lowest BCUT2D eigenvalue weighted by Gasteiger charge is -2.31. The van der Waals surface area contributed by atoms with Crippen molar-refractivity contribution in [3.63, 3.8) is 0 Å². The van der Waals surface area contributed by atoms with Crippen molar-refractivity contribution in [3.8, 4) is 0 Å². The van der Waals surface area contributed by atoms with Crippen molar-refractivity contribution in [2.75, 3.05) is 26.7 Å². The minimum atomic E-state index is -3.37. The Morgan fingerprint density at radius 3 is 3.05 bits per heavy atom. The van der Waals surface area contributed by atoms with E-state index in [1.165, 1.54) is 11.3 Å². The zero-order chi connectivity index (χ0) is 14.6. The van der Waals surface area contributed by atoms with Gasteiger partial charge in [0, 0.05) is 36.5 Å². The maximum atomic E-state index is 12.6. The molecule has 0 aliphatic carbocycles. The maximum Gasteiger partial charge on any atom is 0.243 e. The van der Waals surface area contributed by atoms with E-state index in [2.05, 4.69) is 5.32 Å². The summed E-state index contributed by atoms with van der Waals surface area (Å²) in [7, 11) is -1.52. The SMILES string of the molecule is CCOC1CCCN(S(=O)(=O)c2csc(CNC)c2)C1. The van der Waals surface area contributed by atoms with E-state index >= 15 is 0 Å². The van der Waals surface area contributed by atoms with E-state index < -0.39 is 10.0 Å². The topological polar surface area (TPSA) is 58.6 Å². The first-order valence-corrected chi connectivity index (χ1v) is 9.23. The second kappa shape index (κ2) is 7.00. The molecule has 0 amide bonds. The Bertz CT molecular complexity index is 525. The van der Waals surface area contributed by atoms with Crippen LogP contribution < -0.4 is 5.32 Å². The highest BCUT2D eigenvalue weighted by molar-refractivity contribution is 7.89. The van der Waals surface area contributed by atoms with Gasteiger partial charge in [-0.25, -0.2) is 8.42 Å². The fourth-order valence-corrected chi connectivity index (χ4v) is 5.19. The monoisotopic (exact) mass is 318 g/mol. The molecule has 1 N–H and O–H groups in total. The first-order valence-electron chi connectivity index (χ1n) is 6.91. The van der Waals surface area contributed by atoms with E-state index in [4.69, 9.17) is 4.74 Å². The molecule has 1 aromatic rings. The maximum absolute atomic E-state index is 12.6. The molecule has 1 saturated heterocycles. The molecule has 0 saturated carbocycles. The zero-order valence-corrected chi connectivity index (χ0v) is 13.6. The van der Waals surface area contributed by atoms with Crippen LogP contribution >= 0.6 is 11.3 Å². The van der Waals surface area contributed by atoms with Crippen LogP contribution in [0.15, 0.2) is 16.3 Å². The normalized spacial score (nSPS) is 21.2. The van der Waals surface area contributed by atoms with Gasteiger partial charge in [-0.05, 0) is 32.9 Å². The van der Waals surface area contributed by atoms with Gasteiger partial charge >= 0.3 is 0 Å². The predicted molar refractivity (Wildman–Crippen MR) is 80.5 cm³/mol. The Hall–Kier alpha value is -0.470. The number of ether oxygens (including phenoxy) is 1. The standard InChI is InChI=1S/C13H22N2O3S2/c1-3-18-11-5-4-6-15(9-11)20(16,17)13-7-12(8-14-2)19-10-13/h7,10-11,14H,3-6,8-9H2,1-2H3. The van der Waals surface area contributed by atoms with Gasteiger partial charge in [-0.3, -0.25) is 0 Å². The van der Waals surface area contributed by atoms with Gasteiger partial charge in [-0.2, -0.15) is 4.31 Å². The van der Waals surface area contributed by atoms with Crippen molar-refractivity contribution in [1.82, 2.24) is 9.62 Å². The first kappa shape index (κ1) is 15.9. The van der Waals surface area contributed by atoms with Crippen LogP contribution in [0.5, 0.6) is 0 Å². The molecule has 2 rings (SSSR count). The summed E-state index contributed by atoms with van der Waals surface area (Å²) < 4.78 is 32.4. The number of thiophene rings is 1. The number of nitrogens with zero attached hydrogens (tertiary/aromatic N) is 1. The summed E-state index contributed by atoms with van der Waals surface area (Å²) in [4.78, 5) is 1.44. The molecule has 1 aliphatic rings. The Kier molecular flexibility index (Phi) is 5.57. The van der Waals surface area contributed by atoms with Crippen LogP contribution in [0.25, 0.3) is 0 Å². The van der Waals surface area contributed by atoms with Crippen molar-refractivity contribution in [3.05, 3.63) is 16.3 Å². The molecule has 1 atom stereocenters. The first-order chi connectivity index (χ1) is 9.57. The molecule has 1 aliphatic heterocycles. The van der Waals surface area contributed by atoms with E-state index in [1.54, 1.807) is 15.8 Å². The van der Waals surface area contributed by atoms with Crippen molar-refractivity contribution < 1.29 is 13.2 Å². The zero-order valence-electron chi connectivity index (χ0n) is 12.0. The highest BCUT2D eigenvalue weighted by Crippen LogP contribution is 2.25. The van der Waals surface area contributed by atoms with E-state index in [0.717, 1.165) is 17.7 Å². The molecule has 0 spiro atoms. The minimum absolute atomic E-state index is 0.0268. The lowest BCUT2D eigenvalue weighted by molar-refractivity contribution is 0.0265. The van der Waals surface area contributed by atoms with Crippen LogP contribution in [0.2, 0.25) is 0 Å². The molecule has 20 heavy (non-hydrogen) atoms. The third kappa shape index (κ3) is 3.59. The lowest BCUT2D eigenvalue weighted by Crippen LogP contribution is -2.43. The third-order valence-electron chi connectivity index (χ3n) is 3.36. The molecule has 5 nitrogen and oxygen atoms in total. The highest BCUT2D eigenvalue weighted by atomic mass is 32.2. The van der Waals surface area contributed by atoms with Gasteiger partial charge in [-0.15, -0.1) is 11.3 Å². The van der Waals surface area contributed by atoms with Crippen molar-refractivity contribution >= 4 is 21.4 Å². The lowest BCUT2D eigenvalue weighted by atomic mass is 10.1. The fourth-order valence-electron chi connectivity index (χ4n) is 2.41. The molecule has 7 heteroatoms. The number of rotatable bonds is 6. The van der Waals surface area contributed by atoms with Crippen molar-refractivity contribution in [1.29, 1.82) is 0 Å². The second-order valence-corrected chi connectivity index (χ2v) is 7.80. The van der Waals surface area contributed by atoms with E-state index in [9.17, 15) is 8.42 Å². The Balaban J connectivity index is 2.12. The quantitative estimate of drug-likeness (QED) is 0.866. The average molecular weight is 318 g/mol. The van der Waals surface area contributed by atoms with Crippen LogP contribution in [-0.4, -0.2) is 45.6 Å². The van der Waals surface area contributed by atoms with Gasteiger partial charge in [0.05, 0.1) is 11.0 Å². The number of hydrogen-bond acceptors (Lipinski definition) is 5. The van der Waals surface area contributed by atoms with E-state index in [0.29, 0.717) is 31.1 Å². The van der Waals surface area contributed by atoms with Crippen LogP contribution in [0.3, 0.4) is 0 Å². The average Bonchev–Trinajstić information content (AvgIpc) is 2.89. The van der Waals surface area contributed by atoms with Crippen LogP contribution in [0.4, 0.5) is 0 Å². The van der Waals surface area contributed by atoms with Gasteiger partial charge < -0.3 is 10.1 Å². The van der Waals surface area contributed by atoms with E-state index in [1.807, 2.05) is 14.0 Å². The number of hydrogen-bond donors (Lipinski definition) is 1. The van der Waals surface area contributed by atoms with Crippen LogP contribution in [0.1, 0.15) is 24.6 Å². The summed E-state index contributed by atoms with van der Waals surface area (Å²) in [5.74, 6) is 0. The smallest absolute Gasteiger partial charge is 0.243 e. The summed E-state index contributed by atoms with van der Waals surface area (Å²) in [6, 6.07) is 1.76. The predicted octanol–water partition coefficient (Wildman–Crippen LogP) is 1.66. The molecule has 1 aromatic heterocycles. The van der Waals surface area contributed by atoms with Gasteiger partial charge in [0.15, 0.2) is 0 Å². The number of piperidine rings is 1. The highest BCUT2D eigenvalue weighted by Gasteiger charge is 2.31. The van der Waals surface area contributed by atoms with Gasteiger partial charge in [0.25, 0.3) is 0 Å². The van der Waals surface area contributed by atoms with Crippen LogP contribution in [-0.2, 0) is 21.3 Å². The van der Waals surface area contributed by atoms with E-state index in [-0.39, 0.29) is 6.10 Å². The largest absolute Gasteiger partial charge is 0.377 e. The molecule has 1 unspecified atom stereocenters. The second-order valence-electron chi connectivity index (χ2n) is 4.86. The fraction of sp³-hybridized carbons (Fsp3) is 0.692. The molecule has 2 heterocycles. The van der Waals surface area contributed by atoms with Crippen LogP contribution in [0, 0.1) is 0 Å². The number of sulfonamides is 1. The van der Waals surface area contributed by atoms with Gasteiger partial charge in [0.2, 0.25) is 10.0 Å². The molecule has 1 fully saturated rings. The molecular formula is C13H22N2O3S2. The molecule has 114 valence electrons. The molecule has 0 radical (unpaired) electrons. The van der Waals surface area contributed by atoms with Crippen molar-refractivity contribution in [2.24, 2.45) is 0 Å². The summed E-state index contributed by atoms with van der Waals surface area (Å²) in [6.07, 6.45) is 1.82.